The lowest BCUT2D eigenvalue weighted by Crippen LogP contribution is -2.22. The molecule has 2 nitrogen and oxygen atoms in total. The summed E-state index contributed by atoms with van der Waals surface area (Å²) in [6.45, 7) is 6.40. The Labute approximate surface area is 148 Å². The van der Waals surface area contributed by atoms with Crippen molar-refractivity contribution in [3.8, 4) is 11.1 Å². The van der Waals surface area contributed by atoms with Gasteiger partial charge in [-0.15, -0.1) is 0 Å². The van der Waals surface area contributed by atoms with E-state index in [1.807, 2.05) is 6.07 Å². The predicted molar refractivity (Wildman–Crippen MR) is 108 cm³/mol. The Kier molecular flexibility index (Phi) is 4.10. The lowest BCUT2D eigenvalue weighted by atomic mass is 9.96. The average Bonchev–Trinajstić information content (AvgIpc) is 2.68. The Morgan fingerprint density at radius 2 is 1.48 bits per heavy atom. The number of aromatic nitrogens is 1. The van der Waals surface area contributed by atoms with Crippen LogP contribution in [0.3, 0.4) is 0 Å². The minimum atomic E-state index is 0.989. The van der Waals surface area contributed by atoms with Crippen molar-refractivity contribution in [1.29, 1.82) is 0 Å². The van der Waals surface area contributed by atoms with Crippen LogP contribution in [0.25, 0.3) is 32.9 Å². The van der Waals surface area contributed by atoms with Crippen molar-refractivity contribution in [2.75, 3.05) is 18.0 Å². The van der Waals surface area contributed by atoms with Gasteiger partial charge in [0.25, 0.3) is 0 Å². The first-order chi connectivity index (χ1) is 12.3. The summed E-state index contributed by atoms with van der Waals surface area (Å²) in [6.07, 6.45) is 0. The second-order valence-corrected chi connectivity index (χ2v) is 6.25. The van der Waals surface area contributed by atoms with Crippen LogP contribution in [-0.2, 0) is 0 Å². The minimum absolute atomic E-state index is 0.989. The van der Waals surface area contributed by atoms with Gasteiger partial charge in [-0.3, -0.25) is 0 Å². The maximum Gasteiger partial charge on any atom is 0.0717 e. The topological polar surface area (TPSA) is 16.1 Å². The van der Waals surface area contributed by atoms with Crippen molar-refractivity contribution in [2.45, 2.75) is 13.8 Å². The molecule has 25 heavy (non-hydrogen) atoms. The van der Waals surface area contributed by atoms with Gasteiger partial charge < -0.3 is 4.90 Å². The number of anilines is 1. The van der Waals surface area contributed by atoms with E-state index in [2.05, 4.69) is 85.5 Å². The van der Waals surface area contributed by atoms with E-state index < -0.39 is 0 Å². The molecule has 4 rings (SSSR count). The zero-order valence-corrected chi connectivity index (χ0v) is 14.7. The number of fused-ring (bicyclic) bond motifs is 2. The van der Waals surface area contributed by atoms with Gasteiger partial charge in [0, 0.05) is 35.1 Å². The summed E-state index contributed by atoms with van der Waals surface area (Å²) in [5.41, 5.74) is 5.89. The third kappa shape index (κ3) is 2.74. The third-order valence-corrected chi connectivity index (χ3v) is 4.84. The fourth-order valence-corrected chi connectivity index (χ4v) is 3.57. The third-order valence-electron chi connectivity index (χ3n) is 4.84. The number of hydrogen-bond acceptors (Lipinski definition) is 2. The molecule has 1 heterocycles. The van der Waals surface area contributed by atoms with Gasteiger partial charge in [0.05, 0.1) is 11.0 Å². The molecule has 4 aromatic rings. The second kappa shape index (κ2) is 6.56. The molecule has 1 aromatic heterocycles. The molecule has 0 saturated carbocycles. The van der Waals surface area contributed by atoms with E-state index >= 15 is 0 Å². The molecule has 0 aliphatic carbocycles. The highest BCUT2D eigenvalue weighted by Crippen LogP contribution is 2.38. The van der Waals surface area contributed by atoms with Gasteiger partial charge >= 0.3 is 0 Å². The van der Waals surface area contributed by atoms with Crippen LogP contribution in [-0.4, -0.2) is 18.1 Å². The summed E-state index contributed by atoms with van der Waals surface area (Å²) >= 11 is 0. The molecule has 0 aliphatic rings. The minimum Gasteiger partial charge on any atom is -0.372 e. The predicted octanol–water partition coefficient (Wildman–Crippen LogP) is 5.90. The van der Waals surface area contributed by atoms with Crippen LogP contribution in [0.4, 0.5) is 5.69 Å². The standard InChI is InChI=1S/C23H22N2/c1-3-25(4-2)22-15-14-21-19(23(22)17-10-6-5-7-11-17)16-18-12-8-9-13-20(18)24-21/h5-16H,3-4H2,1-2H3. The molecule has 0 N–H and O–H groups in total. The zero-order chi connectivity index (χ0) is 17.2. The van der Waals surface area contributed by atoms with Crippen LogP contribution < -0.4 is 4.90 Å². The van der Waals surface area contributed by atoms with Crippen LogP contribution >= 0.6 is 0 Å². The van der Waals surface area contributed by atoms with Gasteiger partial charge in [0.2, 0.25) is 0 Å². The molecular weight excluding hydrogens is 304 g/mol. The van der Waals surface area contributed by atoms with E-state index in [1.54, 1.807) is 0 Å². The molecule has 0 atom stereocenters. The molecule has 0 spiro atoms. The molecule has 2 heteroatoms. The summed E-state index contributed by atoms with van der Waals surface area (Å²) in [7, 11) is 0. The van der Waals surface area contributed by atoms with E-state index in [0.29, 0.717) is 0 Å². The first-order valence-electron chi connectivity index (χ1n) is 8.94. The lowest BCUT2D eigenvalue weighted by Gasteiger charge is -2.25. The van der Waals surface area contributed by atoms with Crippen LogP contribution in [0.1, 0.15) is 13.8 Å². The Morgan fingerprint density at radius 3 is 2.24 bits per heavy atom. The van der Waals surface area contributed by atoms with Crippen molar-refractivity contribution < 1.29 is 0 Å². The molecule has 124 valence electrons. The maximum absolute atomic E-state index is 4.90. The normalized spacial score (nSPS) is 11.1. The van der Waals surface area contributed by atoms with Gasteiger partial charge in [-0.2, -0.15) is 0 Å². The molecule has 0 fully saturated rings. The summed E-state index contributed by atoms with van der Waals surface area (Å²) in [4.78, 5) is 7.31. The van der Waals surface area contributed by atoms with Crippen LogP contribution in [0, 0.1) is 0 Å². The van der Waals surface area contributed by atoms with E-state index in [-0.39, 0.29) is 0 Å². The van der Waals surface area contributed by atoms with Gasteiger partial charge in [0.1, 0.15) is 0 Å². The highest BCUT2D eigenvalue weighted by atomic mass is 15.1. The summed E-state index contributed by atoms with van der Waals surface area (Å²) in [5, 5.41) is 2.40. The molecule has 0 bridgehead atoms. The van der Waals surface area contributed by atoms with Crippen molar-refractivity contribution in [1.82, 2.24) is 4.98 Å². The fourth-order valence-electron chi connectivity index (χ4n) is 3.57. The van der Waals surface area contributed by atoms with Crippen molar-refractivity contribution in [3.63, 3.8) is 0 Å². The van der Waals surface area contributed by atoms with E-state index in [9.17, 15) is 0 Å². The Morgan fingerprint density at radius 1 is 0.760 bits per heavy atom. The van der Waals surface area contributed by atoms with Gasteiger partial charge in [0.15, 0.2) is 0 Å². The largest absolute Gasteiger partial charge is 0.372 e. The second-order valence-electron chi connectivity index (χ2n) is 6.25. The van der Waals surface area contributed by atoms with E-state index in [4.69, 9.17) is 4.98 Å². The molecule has 3 aromatic carbocycles. The molecule has 0 unspecified atom stereocenters. The van der Waals surface area contributed by atoms with Gasteiger partial charge in [-0.25, -0.2) is 4.98 Å². The first-order valence-corrected chi connectivity index (χ1v) is 8.94. The van der Waals surface area contributed by atoms with Crippen molar-refractivity contribution in [3.05, 3.63) is 72.8 Å². The van der Waals surface area contributed by atoms with Crippen LogP contribution in [0.2, 0.25) is 0 Å². The number of pyridine rings is 1. The van der Waals surface area contributed by atoms with Crippen molar-refractivity contribution >= 4 is 27.5 Å². The lowest BCUT2D eigenvalue weighted by molar-refractivity contribution is 0.868. The summed E-state index contributed by atoms with van der Waals surface area (Å²) < 4.78 is 0. The molecule has 0 amide bonds. The average molecular weight is 326 g/mol. The van der Waals surface area contributed by atoms with Crippen molar-refractivity contribution in [2.24, 2.45) is 0 Å². The summed E-state index contributed by atoms with van der Waals surface area (Å²) in [5.74, 6) is 0. The molecular formula is C23H22N2. The Balaban J connectivity index is 2.10. The Hall–Kier alpha value is -2.87. The number of para-hydroxylation sites is 1. The van der Waals surface area contributed by atoms with Gasteiger partial charge in [-0.1, -0.05) is 48.5 Å². The van der Waals surface area contributed by atoms with E-state index in [0.717, 1.165) is 24.1 Å². The van der Waals surface area contributed by atoms with Gasteiger partial charge in [-0.05, 0) is 43.7 Å². The van der Waals surface area contributed by atoms with Crippen LogP contribution in [0.5, 0.6) is 0 Å². The maximum atomic E-state index is 4.90. The first kappa shape index (κ1) is 15.6. The molecule has 0 saturated heterocycles. The van der Waals surface area contributed by atoms with Crippen LogP contribution in [0.15, 0.2) is 72.8 Å². The number of rotatable bonds is 4. The molecule has 0 aliphatic heterocycles. The number of hydrogen-bond donors (Lipinski definition) is 0. The Bertz CT molecular complexity index is 1020. The molecule has 0 radical (unpaired) electrons. The SMILES string of the molecule is CCN(CC)c1ccc2nc3ccccc3cc2c1-c1ccccc1. The zero-order valence-electron chi connectivity index (χ0n) is 14.7. The highest BCUT2D eigenvalue weighted by molar-refractivity contribution is 6.05. The smallest absolute Gasteiger partial charge is 0.0717 e. The fraction of sp³-hybridized carbons (Fsp3) is 0.174. The highest BCUT2D eigenvalue weighted by Gasteiger charge is 2.15. The number of benzene rings is 3. The quantitative estimate of drug-likeness (QED) is 0.434. The van der Waals surface area contributed by atoms with E-state index in [1.165, 1.54) is 27.6 Å². The monoisotopic (exact) mass is 326 g/mol. The number of nitrogens with zero attached hydrogens (tertiary/aromatic N) is 2. The summed E-state index contributed by atoms with van der Waals surface area (Å²) in [6, 6.07) is 25.7.